The molecule has 3 aromatic rings. The molecule has 0 aliphatic rings. The molecule has 136 valence electrons. The minimum Gasteiger partial charge on any atom is -0.352 e. The number of carbonyl (C=O) groups excluding carboxylic acids is 1. The summed E-state index contributed by atoms with van der Waals surface area (Å²) in [5.74, 6) is -0.247. The zero-order valence-corrected chi connectivity index (χ0v) is 15.8. The minimum absolute atomic E-state index is 0.0267. The summed E-state index contributed by atoms with van der Waals surface area (Å²) in [6.45, 7) is 5.67. The molecule has 6 nitrogen and oxygen atoms in total. The molecule has 1 amide bonds. The number of amides is 1. The number of benzene rings is 1. The Hall–Kier alpha value is -2.67. The van der Waals surface area contributed by atoms with Gasteiger partial charge < -0.3 is 5.32 Å². The third-order valence-electron chi connectivity index (χ3n) is 4.34. The van der Waals surface area contributed by atoms with Gasteiger partial charge in [0, 0.05) is 6.04 Å². The fourth-order valence-corrected chi connectivity index (χ4v) is 3.63. The van der Waals surface area contributed by atoms with Crippen LogP contribution >= 0.6 is 11.3 Å². The lowest BCUT2D eigenvalue weighted by Gasteiger charge is -2.15. The highest BCUT2D eigenvalue weighted by Crippen LogP contribution is 2.16. The first-order chi connectivity index (χ1) is 12.4. The van der Waals surface area contributed by atoms with Crippen LogP contribution in [0, 0.1) is 6.92 Å². The van der Waals surface area contributed by atoms with E-state index >= 15 is 0 Å². The average Bonchev–Trinajstić information content (AvgIpc) is 3.08. The lowest BCUT2D eigenvalue weighted by atomic mass is 10.2. The van der Waals surface area contributed by atoms with Crippen molar-refractivity contribution in [2.75, 3.05) is 0 Å². The van der Waals surface area contributed by atoms with Crippen LogP contribution in [0.15, 0.2) is 45.3 Å². The van der Waals surface area contributed by atoms with Gasteiger partial charge in [0.15, 0.2) is 0 Å². The van der Waals surface area contributed by atoms with Crippen molar-refractivity contribution in [3.63, 3.8) is 0 Å². The average molecular weight is 371 g/mol. The van der Waals surface area contributed by atoms with Gasteiger partial charge in [0.25, 0.3) is 5.56 Å². The molecule has 0 aliphatic heterocycles. The van der Waals surface area contributed by atoms with Crippen LogP contribution < -0.4 is 16.6 Å². The number of fused-ring (bicyclic) bond motifs is 1. The van der Waals surface area contributed by atoms with Gasteiger partial charge in [0.1, 0.15) is 11.2 Å². The highest BCUT2D eigenvalue weighted by Gasteiger charge is 2.18. The van der Waals surface area contributed by atoms with Gasteiger partial charge >= 0.3 is 5.69 Å². The molecule has 0 saturated heterocycles. The second kappa shape index (κ2) is 7.29. The van der Waals surface area contributed by atoms with E-state index in [0.29, 0.717) is 15.9 Å². The Labute approximate surface area is 154 Å². The smallest absolute Gasteiger partial charge is 0.336 e. The van der Waals surface area contributed by atoms with Crippen molar-refractivity contribution >= 4 is 27.5 Å². The zero-order valence-electron chi connectivity index (χ0n) is 15.0. The Bertz CT molecular complexity index is 1080. The molecule has 0 spiro atoms. The Morgan fingerprint density at radius 2 is 2.04 bits per heavy atom. The Morgan fingerprint density at radius 3 is 2.73 bits per heavy atom. The van der Waals surface area contributed by atoms with Crippen LogP contribution in [-0.2, 0) is 11.3 Å². The largest absolute Gasteiger partial charge is 0.352 e. The van der Waals surface area contributed by atoms with Gasteiger partial charge in [0.2, 0.25) is 5.91 Å². The third kappa shape index (κ3) is 3.35. The number of aromatic nitrogens is 2. The molecule has 0 saturated carbocycles. The number of aryl methyl sites for hydroxylation is 1. The standard InChI is InChI=1S/C19H21N3O3S/c1-4-13(3)20-16(23)11-21-15-8-9-26-17(15)18(24)22(19(21)25)14-7-5-6-12(2)10-14/h5-10,13H,4,11H2,1-3H3,(H,20,23). The van der Waals surface area contributed by atoms with E-state index in [1.165, 1.54) is 15.9 Å². The predicted molar refractivity (Wildman–Crippen MR) is 104 cm³/mol. The first-order valence-electron chi connectivity index (χ1n) is 8.51. The van der Waals surface area contributed by atoms with Gasteiger partial charge in [0.05, 0.1) is 11.2 Å². The maximum atomic E-state index is 13.1. The summed E-state index contributed by atoms with van der Waals surface area (Å²) in [4.78, 5) is 38.2. The van der Waals surface area contributed by atoms with E-state index in [-0.39, 0.29) is 24.1 Å². The third-order valence-corrected chi connectivity index (χ3v) is 5.23. The molecule has 26 heavy (non-hydrogen) atoms. The number of hydrogen-bond donors (Lipinski definition) is 1. The predicted octanol–water partition coefficient (Wildman–Crippen LogP) is 2.44. The van der Waals surface area contributed by atoms with Gasteiger partial charge in [-0.2, -0.15) is 0 Å². The zero-order chi connectivity index (χ0) is 18.8. The van der Waals surface area contributed by atoms with E-state index < -0.39 is 5.69 Å². The number of carbonyl (C=O) groups is 1. The molecular weight excluding hydrogens is 350 g/mol. The fraction of sp³-hybridized carbons (Fsp3) is 0.316. The Kier molecular flexibility index (Phi) is 5.08. The summed E-state index contributed by atoms with van der Waals surface area (Å²) in [6.07, 6.45) is 0.803. The highest BCUT2D eigenvalue weighted by molar-refractivity contribution is 7.17. The molecule has 1 N–H and O–H groups in total. The molecule has 2 heterocycles. The van der Waals surface area contributed by atoms with Gasteiger partial charge in [-0.05, 0) is 49.4 Å². The highest BCUT2D eigenvalue weighted by atomic mass is 32.1. The van der Waals surface area contributed by atoms with Crippen LogP contribution in [0.4, 0.5) is 0 Å². The van der Waals surface area contributed by atoms with Gasteiger partial charge in [-0.1, -0.05) is 19.1 Å². The summed E-state index contributed by atoms with van der Waals surface area (Å²) in [7, 11) is 0. The summed E-state index contributed by atoms with van der Waals surface area (Å²) in [5, 5.41) is 4.62. The topological polar surface area (TPSA) is 73.1 Å². The maximum Gasteiger partial charge on any atom is 0.336 e. The number of nitrogens with one attached hydrogen (secondary N) is 1. The summed E-state index contributed by atoms with van der Waals surface area (Å²) < 4.78 is 2.97. The van der Waals surface area contributed by atoms with Crippen LogP contribution in [0.1, 0.15) is 25.8 Å². The van der Waals surface area contributed by atoms with Crippen LogP contribution in [-0.4, -0.2) is 21.1 Å². The van der Waals surface area contributed by atoms with Crippen LogP contribution in [0.2, 0.25) is 0 Å². The van der Waals surface area contributed by atoms with E-state index in [4.69, 9.17) is 0 Å². The summed E-state index contributed by atoms with van der Waals surface area (Å²) in [6, 6.07) is 8.94. The SMILES string of the molecule is CCC(C)NC(=O)Cn1c(=O)n(-c2cccc(C)c2)c(=O)c2sccc21. The second-order valence-electron chi connectivity index (χ2n) is 6.36. The minimum atomic E-state index is -0.509. The summed E-state index contributed by atoms with van der Waals surface area (Å²) >= 11 is 1.27. The second-order valence-corrected chi connectivity index (χ2v) is 7.28. The molecular formula is C19H21N3O3S. The normalized spacial score (nSPS) is 12.3. The van der Waals surface area contributed by atoms with E-state index in [1.54, 1.807) is 29.6 Å². The molecule has 0 radical (unpaired) electrons. The molecule has 1 atom stereocenters. The number of nitrogens with zero attached hydrogens (tertiary/aromatic N) is 2. The summed E-state index contributed by atoms with van der Waals surface area (Å²) in [5.41, 5.74) is 1.08. The van der Waals surface area contributed by atoms with Crippen molar-refractivity contribution in [2.24, 2.45) is 0 Å². The fourth-order valence-electron chi connectivity index (χ4n) is 2.80. The van der Waals surface area contributed by atoms with Crippen molar-refractivity contribution in [1.82, 2.24) is 14.5 Å². The van der Waals surface area contributed by atoms with E-state index in [0.717, 1.165) is 16.6 Å². The van der Waals surface area contributed by atoms with Crippen molar-refractivity contribution in [3.05, 3.63) is 62.1 Å². The number of hydrogen-bond acceptors (Lipinski definition) is 4. The monoisotopic (exact) mass is 371 g/mol. The number of rotatable bonds is 5. The molecule has 1 aromatic carbocycles. The number of thiophene rings is 1. The van der Waals surface area contributed by atoms with Crippen molar-refractivity contribution in [2.45, 2.75) is 39.8 Å². The maximum absolute atomic E-state index is 13.1. The molecule has 0 fully saturated rings. The van der Waals surface area contributed by atoms with Gasteiger partial charge in [-0.3, -0.25) is 14.2 Å². The van der Waals surface area contributed by atoms with E-state index in [2.05, 4.69) is 5.32 Å². The van der Waals surface area contributed by atoms with E-state index in [1.807, 2.05) is 26.8 Å². The molecule has 1 unspecified atom stereocenters. The molecule has 0 aliphatic carbocycles. The molecule has 3 rings (SSSR count). The lowest BCUT2D eigenvalue weighted by molar-refractivity contribution is -0.122. The first-order valence-corrected chi connectivity index (χ1v) is 9.39. The van der Waals surface area contributed by atoms with Crippen LogP contribution in [0.3, 0.4) is 0 Å². The van der Waals surface area contributed by atoms with Crippen molar-refractivity contribution < 1.29 is 4.79 Å². The first kappa shape index (κ1) is 18.1. The van der Waals surface area contributed by atoms with Crippen LogP contribution in [0.25, 0.3) is 15.9 Å². The lowest BCUT2D eigenvalue weighted by Crippen LogP contribution is -2.42. The van der Waals surface area contributed by atoms with Gasteiger partial charge in [-0.15, -0.1) is 11.3 Å². The Balaban J connectivity index is 2.18. The van der Waals surface area contributed by atoms with E-state index in [9.17, 15) is 14.4 Å². The Morgan fingerprint density at radius 1 is 1.27 bits per heavy atom. The van der Waals surface area contributed by atoms with Gasteiger partial charge in [-0.25, -0.2) is 9.36 Å². The quantitative estimate of drug-likeness (QED) is 0.749. The van der Waals surface area contributed by atoms with Crippen molar-refractivity contribution in [1.29, 1.82) is 0 Å². The molecule has 2 aromatic heterocycles. The van der Waals surface area contributed by atoms with Crippen molar-refractivity contribution in [3.8, 4) is 5.69 Å². The molecule has 7 heteroatoms. The van der Waals surface area contributed by atoms with Crippen LogP contribution in [0.5, 0.6) is 0 Å². The molecule has 0 bridgehead atoms.